The monoisotopic (exact) mass is 484 g/mol. The average molecular weight is 485 g/mol. The van der Waals surface area contributed by atoms with Gasteiger partial charge in [-0.3, -0.25) is 14.6 Å². The van der Waals surface area contributed by atoms with E-state index in [1.165, 1.54) is 19.2 Å². The summed E-state index contributed by atoms with van der Waals surface area (Å²) in [6.07, 6.45) is -2.29. The number of aliphatic imine (C=N–C) groups is 1. The summed E-state index contributed by atoms with van der Waals surface area (Å²) in [6, 6.07) is 5.12. The number of rotatable bonds is 4. The molecule has 0 aromatic heterocycles. The molecule has 0 radical (unpaired) electrons. The number of nitrogens with one attached hydrogen (secondary N) is 1. The Kier molecular flexibility index (Phi) is 6.06. The van der Waals surface area contributed by atoms with E-state index >= 15 is 0 Å². The van der Waals surface area contributed by atoms with Crippen LogP contribution in [0.4, 0.5) is 17.6 Å². The van der Waals surface area contributed by atoms with Gasteiger partial charge in [-0.25, -0.2) is 4.39 Å². The first kappa shape index (κ1) is 21.7. The van der Waals surface area contributed by atoms with E-state index in [9.17, 15) is 27.2 Å². The minimum atomic E-state index is -4.71. The summed E-state index contributed by atoms with van der Waals surface area (Å²) in [7, 11) is 0. The Labute approximate surface area is 176 Å². The number of carbonyl (C=O) groups excluding carboxylic acids is 2. The van der Waals surface area contributed by atoms with Gasteiger partial charge in [0.05, 0.1) is 16.8 Å². The second-order valence-electron chi connectivity index (χ2n) is 6.33. The molecule has 0 unspecified atom stereocenters. The predicted molar refractivity (Wildman–Crippen MR) is 104 cm³/mol. The largest absolute Gasteiger partial charge is 0.456 e. The number of alkyl halides is 3. The highest BCUT2D eigenvalue weighted by Gasteiger charge is 2.35. The fraction of sp³-hybridized carbons (Fsp3) is 0.150. The lowest BCUT2D eigenvalue weighted by atomic mass is 10.1. The zero-order chi connectivity index (χ0) is 22.1. The van der Waals surface area contributed by atoms with E-state index in [1.807, 2.05) is 0 Å². The van der Waals surface area contributed by atoms with Crippen LogP contribution in [0.5, 0.6) is 11.5 Å². The Morgan fingerprint density at radius 2 is 1.93 bits per heavy atom. The molecule has 0 aliphatic carbocycles. The Bertz CT molecular complexity index is 1090. The normalized spacial score (nSPS) is 13.8. The Morgan fingerprint density at radius 3 is 2.57 bits per heavy atom. The molecule has 0 saturated carbocycles. The van der Waals surface area contributed by atoms with Gasteiger partial charge in [-0.05, 0) is 42.8 Å². The first-order chi connectivity index (χ1) is 14.0. The van der Waals surface area contributed by atoms with Gasteiger partial charge >= 0.3 is 6.18 Å². The summed E-state index contributed by atoms with van der Waals surface area (Å²) >= 11 is 2.83. The third-order valence-corrected chi connectivity index (χ3v) is 4.68. The molecule has 3 rings (SSSR count). The molecule has 0 atom stereocenters. The van der Waals surface area contributed by atoms with Crippen molar-refractivity contribution in [1.82, 2.24) is 5.32 Å². The molecule has 1 aliphatic rings. The third kappa shape index (κ3) is 4.93. The number of ketones is 1. The quantitative estimate of drug-likeness (QED) is 0.622. The van der Waals surface area contributed by atoms with Gasteiger partial charge in [0.2, 0.25) is 0 Å². The number of halogens is 5. The Morgan fingerprint density at radius 1 is 1.20 bits per heavy atom. The van der Waals surface area contributed by atoms with Crippen LogP contribution in [0.2, 0.25) is 0 Å². The number of benzene rings is 2. The molecule has 2 aromatic carbocycles. The van der Waals surface area contributed by atoms with Gasteiger partial charge in [0.1, 0.15) is 23.9 Å². The zero-order valence-electron chi connectivity index (χ0n) is 15.3. The lowest BCUT2D eigenvalue weighted by Gasteiger charge is -2.17. The number of dihydropyridines is 1. The third-order valence-electron chi connectivity index (χ3n) is 4.03. The lowest BCUT2D eigenvalue weighted by molar-refractivity contribution is -0.138. The van der Waals surface area contributed by atoms with Crippen molar-refractivity contribution in [1.29, 1.82) is 0 Å². The van der Waals surface area contributed by atoms with Crippen LogP contribution >= 0.6 is 15.9 Å². The molecule has 0 spiro atoms. The number of amides is 1. The summed E-state index contributed by atoms with van der Waals surface area (Å²) in [6.45, 7) is 1.46. The minimum Gasteiger partial charge on any atom is -0.456 e. The van der Waals surface area contributed by atoms with Crippen molar-refractivity contribution in [2.75, 3.05) is 6.54 Å². The molecular formula is C20H13BrF4N2O3. The van der Waals surface area contributed by atoms with E-state index in [4.69, 9.17) is 4.74 Å². The predicted octanol–water partition coefficient (Wildman–Crippen LogP) is 4.97. The maximum atomic E-state index is 13.3. The van der Waals surface area contributed by atoms with Crippen molar-refractivity contribution in [2.24, 2.45) is 4.99 Å². The van der Waals surface area contributed by atoms with Gasteiger partial charge < -0.3 is 10.1 Å². The van der Waals surface area contributed by atoms with E-state index in [0.29, 0.717) is 11.6 Å². The van der Waals surface area contributed by atoms with Gasteiger partial charge in [0, 0.05) is 16.8 Å². The molecule has 1 heterocycles. The second-order valence-corrected chi connectivity index (χ2v) is 7.18. The maximum absolute atomic E-state index is 13.3. The lowest BCUT2D eigenvalue weighted by Crippen LogP contribution is -2.27. The summed E-state index contributed by atoms with van der Waals surface area (Å²) in [5.74, 6) is -2.00. The Balaban J connectivity index is 2.04. The SMILES string of the molecule is Cc1cc(F)ccc1Oc1cc(C(F)(F)F)c(Br)cc1C(=O)NC1=CC(=O)CN=C1. The van der Waals surface area contributed by atoms with Gasteiger partial charge in [0.15, 0.2) is 5.78 Å². The molecular weight excluding hydrogens is 472 g/mol. The van der Waals surface area contributed by atoms with Gasteiger partial charge in [-0.1, -0.05) is 15.9 Å². The molecule has 30 heavy (non-hydrogen) atoms. The van der Waals surface area contributed by atoms with Crippen LogP contribution in [-0.4, -0.2) is 24.4 Å². The van der Waals surface area contributed by atoms with Crippen molar-refractivity contribution in [3.05, 3.63) is 69.1 Å². The standard InChI is InChI=1S/C20H13BrF4N2O3/c1-10-4-11(22)2-3-17(10)30-18-7-15(20(23,24)25)16(21)6-14(18)19(29)27-12-5-13(28)9-26-8-12/h2-8H,9H2,1H3,(H,27,29). The number of ether oxygens (including phenoxy) is 1. The number of allylic oxidation sites excluding steroid dienone is 1. The van der Waals surface area contributed by atoms with Crippen molar-refractivity contribution in [3.8, 4) is 11.5 Å². The van der Waals surface area contributed by atoms with E-state index in [-0.39, 0.29) is 33.8 Å². The fourth-order valence-corrected chi connectivity index (χ4v) is 3.20. The van der Waals surface area contributed by atoms with Crippen molar-refractivity contribution in [2.45, 2.75) is 13.1 Å². The summed E-state index contributed by atoms with van der Waals surface area (Å²) < 4.78 is 58.6. The number of carbonyl (C=O) groups is 2. The van der Waals surface area contributed by atoms with Gasteiger partial charge in [-0.15, -0.1) is 0 Å². The second kappa shape index (κ2) is 8.39. The molecule has 10 heteroatoms. The van der Waals surface area contributed by atoms with Crippen LogP contribution in [0.3, 0.4) is 0 Å². The molecule has 1 N–H and O–H groups in total. The van der Waals surface area contributed by atoms with E-state index in [1.54, 1.807) is 0 Å². The zero-order valence-corrected chi connectivity index (χ0v) is 16.9. The van der Waals surface area contributed by atoms with E-state index < -0.39 is 29.2 Å². The molecule has 0 saturated heterocycles. The molecule has 1 aliphatic heterocycles. The highest BCUT2D eigenvalue weighted by Crippen LogP contribution is 2.40. The van der Waals surface area contributed by atoms with Crippen LogP contribution in [0.15, 0.2) is 51.6 Å². The number of hydrogen-bond acceptors (Lipinski definition) is 4. The highest BCUT2D eigenvalue weighted by atomic mass is 79.9. The van der Waals surface area contributed by atoms with E-state index in [2.05, 4.69) is 26.2 Å². The first-order valence-electron chi connectivity index (χ1n) is 8.45. The molecule has 1 amide bonds. The molecule has 2 aromatic rings. The smallest absolute Gasteiger partial charge is 0.417 e. The van der Waals surface area contributed by atoms with Crippen LogP contribution in [0.25, 0.3) is 0 Å². The highest BCUT2D eigenvalue weighted by molar-refractivity contribution is 9.10. The molecule has 5 nitrogen and oxygen atoms in total. The van der Waals surface area contributed by atoms with Gasteiger partial charge in [0.25, 0.3) is 5.91 Å². The number of aryl methyl sites for hydroxylation is 1. The van der Waals surface area contributed by atoms with Crippen LogP contribution in [0, 0.1) is 12.7 Å². The van der Waals surface area contributed by atoms with Crippen molar-refractivity contribution >= 4 is 33.8 Å². The average Bonchev–Trinajstić information content (AvgIpc) is 2.64. The fourth-order valence-electron chi connectivity index (χ4n) is 2.64. The molecule has 156 valence electrons. The van der Waals surface area contributed by atoms with E-state index in [0.717, 1.165) is 24.3 Å². The summed E-state index contributed by atoms with van der Waals surface area (Å²) in [5, 5.41) is 2.41. The topological polar surface area (TPSA) is 67.8 Å². The first-order valence-corrected chi connectivity index (χ1v) is 9.24. The van der Waals surface area contributed by atoms with Crippen LogP contribution in [0.1, 0.15) is 21.5 Å². The van der Waals surface area contributed by atoms with Crippen LogP contribution in [-0.2, 0) is 11.0 Å². The molecule has 0 fully saturated rings. The summed E-state index contributed by atoms with van der Waals surface area (Å²) in [4.78, 5) is 27.9. The Hall–Kier alpha value is -3.01. The number of hydrogen-bond donors (Lipinski definition) is 1. The molecule has 0 bridgehead atoms. The maximum Gasteiger partial charge on any atom is 0.417 e. The van der Waals surface area contributed by atoms with Gasteiger partial charge in [-0.2, -0.15) is 13.2 Å². The minimum absolute atomic E-state index is 0.0522. The van der Waals surface area contributed by atoms with Crippen molar-refractivity contribution < 1.29 is 31.9 Å². The summed E-state index contributed by atoms with van der Waals surface area (Å²) in [5.41, 5.74) is -0.866. The number of nitrogens with zero attached hydrogens (tertiary/aromatic N) is 1. The van der Waals surface area contributed by atoms with Crippen LogP contribution < -0.4 is 10.1 Å². The van der Waals surface area contributed by atoms with Crippen molar-refractivity contribution in [3.63, 3.8) is 0 Å².